The second-order valence-corrected chi connectivity index (χ2v) is 8.23. The van der Waals surface area contributed by atoms with Gasteiger partial charge >= 0.3 is 0 Å². The molecule has 1 spiro atoms. The van der Waals surface area contributed by atoms with E-state index in [-0.39, 0.29) is 11.8 Å². The fourth-order valence-corrected chi connectivity index (χ4v) is 5.06. The second kappa shape index (κ2) is 5.91. The van der Waals surface area contributed by atoms with Crippen LogP contribution in [0.1, 0.15) is 36.7 Å². The highest BCUT2D eigenvalue weighted by Gasteiger charge is 2.63. The smallest absolute Gasteiger partial charge is 0.237 e. The van der Waals surface area contributed by atoms with Crippen molar-refractivity contribution >= 4 is 17.5 Å². The number of nitrogens with zero attached hydrogens (tertiary/aromatic N) is 3. The molecule has 1 aromatic carbocycles. The summed E-state index contributed by atoms with van der Waals surface area (Å²) in [5.74, 6) is 0.774. The lowest BCUT2D eigenvalue weighted by atomic mass is 9.74. The van der Waals surface area contributed by atoms with Crippen LogP contribution in [0.15, 0.2) is 36.7 Å². The lowest BCUT2D eigenvalue weighted by Crippen LogP contribution is -2.46. The fourth-order valence-electron chi connectivity index (χ4n) is 5.06. The molecule has 7 nitrogen and oxygen atoms in total. The third-order valence-corrected chi connectivity index (χ3v) is 6.68. The molecule has 0 unspecified atom stereocenters. The molecule has 1 saturated carbocycles. The van der Waals surface area contributed by atoms with Crippen molar-refractivity contribution < 1.29 is 14.3 Å². The van der Waals surface area contributed by atoms with Crippen LogP contribution in [-0.4, -0.2) is 46.5 Å². The quantitative estimate of drug-likeness (QED) is 0.880. The Bertz CT molecular complexity index is 964. The monoisotopic (exact) mass is 380 g/mol. The topological polar surface area (TPSA) is 76.5 Å². The number of hydrogen-bond acceptors (Lipinski definition) is 4. The van der Waals surface area contributed by atoms with Crippen LogP contribution in [0.2, 0.25) is 0 Å². The number of ether oxygens (including phenoxy) is 1. The zero-order valence-corrected chi connectivity index (χ0v) is 16.1. The Morgan fingerprint density at radius 3 is 2.79 bits per heavy atom. The van der Waals surface area contributed by atoms with Gasteiger partial charge in [0.05, 0.1) is 12.0 Å². The summed E-state index contributed by atoms with van der Waals surface area (Å²) in [7, 11) is 3.55. The van der Waals surface area contributed by atoms with E-state index in [2.05, 4.69) is 10.3 Å². The number of methoxy groups -OCH3 is 1. The number of anilines is 1. The predicted molar refractivity (Wildman–Crippen MR) is 103 cm³/mol. The molecule has 2 amide bonds. The van der Waals surface area contributed by atoms with Gasteiger partial charge in [-0.05, 0) is 30.9 Å². The van der Waals surface area contributed by atoms with Crippen LogP contribution in [0.5, 0.6) is 0 Å². The van der Waals surface area contributed by atoms with E-state index in [0.717, 1.165) is 29.9 Å². The van der Waals surface area contributed by atoms with Gasteiger partial charge in [0.1, 0.15) is 17.3 Å². The molecule has 7 heteroatoms. The van der Waals surface area contributed by atoms with Crippen LogP contribution in [0.4, 0.5) is 5.69 Å². The number of hydrogen-bond donors (Lipinski definition) is 1. The first-order valence-electron chi connectivity index (χ1n) is 9.72. The van der Waals surface area contributed by atoms with Crippen molar-refractivity contribution in [3.63, 3.8) is 0 Å². The molecule has 28 heavy (non-hydrogen) atoms. The molecule has 2 atom stereocenters. The van der Waals surface area contributed by atoms with E-state index in [1.165, 1.54) is 0 Å². The summed E-state index contributed by atoms with van der Waals surface area (Å²) in [6.07, 6.45) is 5.84. The Labute approximate surface area is 163 Å². The average molecular weight is 380 g/mol. The van der Waals surface area contributed by atoms with Crippen LogP contribution >= 0.6 is 0 Å². The molecule has 0 radical (unpaired) electrons. The van der Waals surface area contributed by atoms with E-state index < -0.39 is 16.9 Å². The van der Waals surface area contributed by atoms with Crippen molar-refractivity contribution in [2.45, 2.75) is 30.7 Å². The highest BCUT2D eigenvalue weighted by molar-refractivity contribution is 6.07. The van der Waals surface area contributed by atoms with Crippen LogP contribution in [-0.2, 0) is 26.8 Å². The van der Waals surface area contributed by atoms with Crippen molar-refractivity contribution in [1.29, 1.82) is 0 Å². The molecule has 3 heterocycles. The Morgan fingerprint density at radius 1 is 1.32 bits per heavy atom. The zero-order chi connectivity index (χ0) is 19.5. The lowest BCUT2D eigenvalue weighted by molar-refractivity contribution is -0.141. The van der Waals surface area contributed by atoms with Crippen molar-refractivity contribution in [3.05, 3.63) is 48.0 Å². The maximum atomic E-state index is 13.6. The highest BCUT2D eigenvalue weighted by Crippen LogP contribution is 2.57. The maximum Gasteiger partial charge on any atom is 0.237 e. The summed E-state index contributed by atoms with van der Waals surface area (Å²) in [6, 6.07) is 7.37. The molecule has 146 valence electrons. The van der Waals surface area contributed by atoms with Gasteiger partial charge < -0.3 is 19.5 Å². The van der Waals surface area contributed by atoms with Crippen molar-refractivity contribution in [1.82, 2.24) is 14.5 Å². The SMILES string of the molecule is COCC1(C(=O)N2CC[C@]3(C(=O)Nc4ccccc43)[C@@H]2c2nccn2C)CC1. The third-order valence-electron chi connectivity index (χ3n) is 6.68. The molecule has 3 aliphatic rings. The summed E-state index contributed by atoms with van der Waals surface area (Å²) in [6.45, 7) is 0.953. The van der Waals surface area contributed by atoms with E-state index in [1.807, 2.05) is 47.0 Å². The average Bonchev–Trinajstić information content (AvgIpc) is 3.06. The Morgan fingerprint density at radius 2 is 2.11 bits per heavy atom. The minimum atomic E-state index is -0.811. The number of aryl methyl sites for hydroxylation is 1. The van der Waals surface area contributed by atoms with Gasteiger partial charge in [0.15, 0.2) is 0 Å². The van der Waals surface area contributed by atoms with Gasteiger partial charge in [-0.1, -0.05) is 18.2 Å². The molecular formula is C21H24N4O3. The van der Waals surface area contributed by atoms with E-state index in [0.29, 0.717) is 19.6 Å². The van der Waals surface area contributed by atoms with Gasteiger partial charge in [0.2, 0.25) is 11.8 Å². The van der Waals surface area contributed by atoms with Crippen molar-refractivity contribution in [3.8, 4) is 0 Å². The van der Waals surface area contributed by atoms with Gasteiger partial charge in [-0.2, -0.15) is 0 Å². The zero-order valence-electron chi connectivity index (χ0n) is 16.1. The Kier molecular flexibility index (Phi) is 3.68. The van der Waals surface area contributed by atoms with Crippen LogP contribution in [0.25, 0.3) is 0 Å². The number of fused-ring (bicyclic) bond motifs is 2. The number of benzene rings is 1. The standard InChI is InChI=1S/C21H24N4O3/c1-24-12-10-22-17(24)16-21(14-5-3-4-6-15(14)23-18(21)26)9-11-25(16)19(27)20(7-8-20)13-28-2/h3-6,10,12,16H,7-9,11,13H2,1-2H3,(H,23,26)/t16-,21+/m0/s1. The van der Waals surface area contributed by atoms with Gasteiger partial charge in [-0.3, -0.25) is 9.59 Å². The summed E-state index contributed by atoms with van der Waals surface area (Å²) < 4.78 is 7.27. The normalized spacial score (nSPS) is 27.1. The summed E-state index contributed by atoms with van der Waals surface area (Å²) in [4.78, 5) is 33.3. The highest BCUT2D eigenvalue weighted by atomic mass is 16.5. The molecule has 1 N–H and O–H groups in total. The number of amides is 2. The lowest BCUT2D eigenvalue weighted by Gasteiger charge is -2.35. The molecule has 2 aliphatic heterocycles. The molecule has 2 fully saturated rings. The molecule has 0 bridgehead atoms. The Hall–Kier alpha value is -2.67. The summed E-state index contributed by atoms with van der Waals surface area (Å²) in [5, 5.41) is 3.04. The van der Waals surface area contributed by atoms with E-state index in [9.17, 15) is 9.59 Å². The summed E-state index contributed by atoms with van der Waals surface area (Å²) >= 11 is 0. The molecule has 2 aromatic rings. The number of likely N-dealkylation sites (tertiary alicyclic amines) is 1. The van der Waals surface area contributed by atoms with Crippen LogP contribution in [0, 0.1) is 5.41 Å². The van der Waals surface area contributed by atoms with Gasteiger partial charge in [-0.25, -0.2) is 4.98 Å². The van der Waals surface area contributed by atoms with E-state index in [4.69, 9.17) is 4.74 Å². The number of rotatable bonds is 4. The number of carbonyl (C=O) groups is 2. The van der Waals surface area contributed by atoms with Gasteiger partial charge in [0, 0.05) is 38.8 Å². The first-order chi connectivity index (χ1) is 13.5. The first kappa shape index (κ1) is 17.4. The molecule has 1 aliphatic carbocycles. The molecular weight excluding hydrogens is 356 g/mol. The number of aromatic nitrogens is 2. The van der Waals surface area contributed by atoms with Crippen LogP contribution in [0.3, 0.4) is 0 Å². The number of imidazole rings is 1. The minimum Gasteiger partial charge on any atom is -0.384 e. The predicted octanol–water partition coefficient (Wildman–Crippen LogP) is 2.01. The molecule has 5 rings (SSSR count). The second-order valence-electron chi connectivity index (χ2n) is 8.23. The number of carbonyl (C=O) groups excluding carboxylic acids is 2. The number of nitrogens with one attached hydrogen (secondary N) is 1. The summed E-state index contributed by atoms with van der Waals surface area (Å²) in [5.41, 5.74) is 0.534. The van der Waals surface area contributed by atoms with Gasteiger partial charge in [0.25, 0.3) is 0 Å². The van der Waals surface area contributed by atoms with Crippen LogP contribution < -0.4 is 5.32 Å². The Balaban J connectivity index is 1.65. The van der Waals surface area contributed by atoms with E-state index >= 15 is 0 Å². The molecule has 1 aromatic heterocycles. The largest absolute Gasteiger partial charge is 0.384 e. The van der Waals surface area contributed by atoms with Crippen molar-refractivity contribution in [2.24, 2.45) is 12.5 Å². The maximum absolute atomic E-state index is 13.6. The third kappa shape index (κ3) is 2.16. The fraction of sp³-hybridized carbons (Fsp3) is 0.476. The van der Waals surface area contributed by atoms with E-state index in [1.54, 1.807) is 13.3 Å². The molecule has 1 saturated heterocycles. The first-order valence-corrected chi connectivity index (χ1v) is 9.72. The van der Waals surface area contributed by atoms with Crippen molar-refractivity contribution in [2.75, 3.05) is 25.6 Å². The minimum absolute atomic E-state index is 0.0476. The number of para-hydroxylation sites is 1. The van der Waals surface area contributed by atoms with Gasteiger partial charge in [-0.15, -0.1) is 0 Å².